The second-order valence-corrected chi connectivity index (χ2v) is 5.27. The van der Waals surface area contributed by atoms with Crippen molar-refractivity contribution in [3.63, 3.8) is 0 Å². The lowest BCUT2D eigenvalue weighted by Crippen LogP contribution is -1.94. The van der Waals surface area contributed by atoms with Crippen molar-refractivity contribution in [3.05, 3.63) is 0 Å². The fourth-order valence-corrected chi connectivity index (χ4v) is 2.34. The van der Waals surface area contributed by atoms with Crippen LogP contribution in [0.1, 0.15) is 34.6 Å². The van der Waals surface area contributed by atoms with Gasteiger partial charge < -0.3 is 27.1 Å². The predicted octanol–water partition coefficient (Wildman–Crippen LogP) is 4.26. The first kappa shape index (κ1) is 21.9. The van der Waals surface area contributed by atoms with Crippen LogP contribution in [-0.2, 0) is 27.1 Å². The molecule has 19 heavy (non-hydrogen) atoms. The van der Waals surface area contributed by atoms with Crippen molar-refractivity contribution in [1.82, 2.24) is 0 Å². The van der Waals surface area contributed by atoms with E-state index in [1.54, 1.807) is 7.11 Å². The molecule has 0 bridgehead atoms. The van der Waals surface area contributed by atoms with Crippen LogP contribution in [0.15, 0.2) is 0 Å². The minimum atomic E-state index is -1.06. The number of hydrogen-bond donors (Lipinski definition) is 0. The summed E-state index contributed by atoms with van der Waals surface area (Å²) in [5.74, 6) is 0. The third kappa shape index (κ3) is 16.6. The second kappa shape index (κ2) is 18.6. The third-order valence-electron chi connectivity index (χ3n) is 1.32. The van der Waals surface area contributed by atoms with Gasteiger partial charge in [0.15, 0.2) is 0 Å². The molecular formula is C11H28O6P2. The van der Waals surface area contributed by atoms with Gasteiger partial charge in [-0.3, -0.25) is 0 Å². The van der Waals surface area contributed by atoms with Gasteiger partial charge in [-0.15, -0.1) is 0 Å². The minimum Gasteiger partial charge on any atom is -0.316 e. The second-order valence-electron chi connectivity index (χ2n) is 2.72. The summed E-state index contributed by atoms with van der Waals surface area (Å²) in [7, 11) is -0.539. The lowest BCUT2D eigenvalue weighted by molar-refractivity contribution is 0.176. The van der Waals surface area contributed by atoms with Gasteiger partial charge in [-0.2, -0.15) is 0 Å². The van der Waals surface area contributed by atoms with Crippen molar-refractivity contribution >= 4 is 17.2 Å². The molecule has 0 saturated heterocycles. The molecule has 6 nitrogen and oxygen atoms in total. The van der Waals surface area contributed by atoms with Gasteiger partial charge in [-0.05, 0) is 34.6 Å². The summed E-state index contributed by atoms with van der Waals surface area (Å²) >= 11 is 0. The molecule has 0 aliphatic heterocycles. The summed E-state index contributed by atoms with van der Waals surface area (Å²) in [5.41, 5.74) is 0. The van der Waals surface area contributed by atoms with E-state index in [1.165, 1.54) is 0 Å². The molecule has 0 radical (unpaired) electrons. The molecule has 0 spiro atoms. The summed E-state index contributed by atoms with van der Waals surface area (Å²) in [5, 5.41) is 0. The molecular weight excluding hydrogens is 290 g/mol. The van der Waals surface area contributed by atoms with E-state index in [0.717, 1.165) is 0 Å². The fraction of sp³-hybridized carbons (Fsp3) is 1.00. The lowest BCUT2D eigenvalue weighted by atomic mass is 10.9. The van der Waals surface area contributed by atoms with Crippen molar-refractivity contribution in [3.8, 4) is 0 Å². The molecule has 0 aliphatic rings. The molecule has 8 heteroatoms. The average molecular weight is 318 g/mol. The van der Waals surface area contributed by atoms with Crippen LogP contribution in [-0.4, -0.2) is 40.1 Å². The summed E-state index contributed by atoms with van der Waals surface area (Å²) in [6.45, 7) is 12.8. The van der Waals surface area contributed by atoms with E-state index in [0.29, 0.717) is 33.0 Å². The van der Waals surface area contributed by atoms with Crippen LogP contribution in [0.3, 0.4) is 0 Å². The van der Waals surface area contributed by atoms with Gasteiger partial charge in [0.05, 0.1) is 33.0 Å². The molecule has 0 aliphatic carbocycles. The molecule has 0 amide bonds. The van der Waals surface area contributed by atoms with Gasteiger partial charge >= 0.3 is 17.2 Å². The van der Waals surface area contributed by atoms with Gasteiger partial charge in [0.1, 0.15) is 0 Å². The highest BCUT2D eigenvalue weighted by Crippen LogP contribution is 2.38. The molecule has 0 rings (SSSR count). The Balaban J connectivity index is 0. The van der Waals surface area contributed by atoms with Gasteiger partial charge in [0.2, 0.25) is 0 Å². The SMILES string of the molecule is CCOP(OC)OCC.CCOP(OCC)OCC. The number of rotatable bonds is 11. The molecule has 0 aromatic rings. The van der Waals surface area contributed by atoms with E-state index in [9.17, 15) is 0 Å². The molecule has 0 fully saturated rings. The Labute approximate surface area is 120 Å². The zero-order valence-electron chi connectivity index (χ0n) is 12.9. The van der Waals surface area contributed by atoms with Crippen LogP contribution in [0, 0.1) is 0 Å². The van der Waals surface area contributed by atoms with Crippen LogP contribution in [0.25, 0.3) is 0 Å². The zero-order chi connectivity index (χ0) is 14.9. The van der Waals surface area contributed by atoms with Crippen molar-refractivity contribution in [2.75, 3.05) is 40.1 Å². The summed E-state index contributed by atoms with van der Waals surface area (Å²) < 4.78 is 30.4. The monoisotopic (exact) mass is 318 g/mol. The van der Waals surface area contributed by atoms with E-state index >= 15 is 0 Å². The van der Waals surface area contributed by atoms with Crippen LogP contribution in [0.5, 0.6) is 0 Å². The molecule has 0 N–H and O–H groups in total. The Kier molecular flexibility index (Phi) is 21.5. The maximum Gasteiger partial charge on any atom is 0.332 e. The summed E-state index contributed by atoms with van der Waals surface area (Å²) in [6, 6.07) is 0. The van der Waals surface area contributed by atoms with Crippen molar-refractivity contribution in [2.45, 2.75) is 34.6 Å². The topological polar surface area (TPSA) is 55.4 Å². The highest BCUT2D eigenvalue weighted by atomic mass is 31.2. The lowest BCUT2D eigenvalue weighted by Gasteiger charge is -2.12. The summed E-state index contributed by atoms with van der Waals surface area (Å²) in [4.78, 5) is 0. The quantitative estimate of drug-likeness (QED) is 0.531. The smallest absolute Gasteiger partial charge is 0.316 e. The zero-order valence-corrected chi connectivity index (χ0v) is 14.7. The largest absolute Gasteiger partial charge is 0.332 e. The first-order valence-corrected chi connectivity index (χ1v) is 8.67. The third-order valence-corrected chi connectivity index (χ3v) is 3.96. The predicted molar refractivity (Wildman–Crippen MR) is 79.0 cm³/mol. The van der Waals surface area contributed by atoms with Crippen LogP contribution in [0.4, 0.5) is 0 Å². The maximum atomic E-state index is 5.14. The Morgan fingerprint density at radius 1 is 0.526 bits per heavy atom. The summed E-state index contributed by atoms with van der Waals surface area (Å²) in [6.07, 6.45) is 0. The van der Waals surface area contributed by atoms with E-state index < -0.39 is 17.2 Å². The van der Waals surface area contributed by atoms with Gasteiger partial charge in [0.25, 0.3) is 0 Å². The Morgan fingerprint density at radius 3 is 1.00 bits per heavy atom. The molecule has 0 heterocycles. The highest BCUT2D eigenvalue weighted by molar-refractivity contribution is 7.41. The van der Waals surface area contributed by atoms with E-state index in [-0.39, 0.29) is 0 Å². The fourth-order valence-electron chi connectivity index (χ4n) is 0.782. The highest BCUT2D eigenvalue weighted by Gasteiger charge is 2.07. The first-order valence-electron chi connectivity index (χ1n) is 6.48. The van der Waals surface area contributed by atoms with Crippen LogP contribution >= 0.6 is 17.2 Å². The Hall–Kier alpha value is 0.620. The minimum absolute atomic E-state index is 0.638. The van der Waals surface area contributed by atoms with Gasteiger partial charge in [-0.25, -0.2) is 0 Å². The van der Waals surface area contributed by atoms with Crippen molar-refractivity contribution in [1.29, 1.82) is 0 Å². The number of hydrogen-bond acceptors (Lipinski definition) is 6. The van der Waals surface area contributed by atoms with E-state index in [1.807, 2.05) is 34.6 Å². The van der Waals surface area contributed by atoms with Crippen molar-refractivity contribution < 1.29 is 27.1 Å². The molecule has 0 atom stereocenters. The molecule has 0 aromatic carbocycles. The first-order chi connectivity index (χ1) is 9.19. The van der Waals surface area contributed by atoms with E-state index in [4.69, 9.17) is 27.1 Å². The molecule has 0 saturated carbocycles. The van der Waals surface area contributed by atoms with E-state index in [2.05, 4.69) is 0 Å². The Bertz CT molecular complexity index is 144. The van der Waals surface area contributed by atoms with Crippen LogP contribution < -0.4 is 0 Å². The standard InChI is InChI=1S/C6H15O3P.C5H13O3P/c1-4-7-10(8-5-2)9-6-3;1-4-7-9(6-3)8-5-2/h4-6H2,1-3H3;4-5H2,1-3H3. The maximum absolute atomic E-state index is 5.14. The van der Waals surface area contributed by atoms with Gasteiger partial charge in [-0.1, -0.05) is 0 Å². The molecule has 118 valence electrons. The Morgan fingerprint density at radius 2 is 0.789 bits per heavy atom. The average Bonchev–Trinajstić information content (AvgIpc) is 2.40. The van der Waals surface area contributed by atoms with Crippen LogP contribution in [0.2, 0.25) is 0 Å². The molecule has 0 unspecified atom stereocenters. The normalized spacial score (nSPS) is 10.7. The van der Waals surface area contributed by atoms with Gasteiger partial charge in [0, 0.05) is 7.11 Å². The van der Waals surface area contributed by atoms with Crippen molar-refractivity contribution in [2.24, 2.45) is 0 Å². The molecule has 0 aromatic heterocycles.